The second-order valence-electron chi connectivity index (χ2n) is 3.21. The number of carbonyl (C=O) groups is 1. The summed E-state index contributed by atoms with van der Waals surface area (Å²) in [6.07, 6.45) is 3.68. The van der Waals surface area contributed by atoms with E-state index in [9.17, 15) is 4.79 Å². The minimum Gasteiger partial charge on any atom is -0.461 e. The average Bonchev–Trinajstić information content (AvgIpc) is 2.53. The zero-order valence-corrected chi connectivity index (χ0v) is 7.64. The summed E-state index contributed by atoms with van der Waals surface area (Å²) < 4.78 is 5.21. The molecule has 0 aromatic rings. The molecule has 1 aliphatic heterocycles. The van der Waals surface area contributed by atoms with Crippen LogP contribution >= 0.6 is 0 Å². The van der Waals surface area contributed by atoms with Crippen molar-refractivity contribution in [3.8, 4) is 0 Å². The zero-order chi connectivity index (χ0) is 8.81. The van der Waals surface area contributed by atoms with Crippen molar-refractivity contribution in [3.63, 3.8) is 0 Å². The minimum absolute atomic E-state index is 0.0365. The van der Waals surface area contributed by atoms with Crippen LogP contribution in [0, 0.1) is 0 Å². The average molecular weight is 171 g/mol. The van der Waals surface area contributed by atoms with E-state index in [2.05, 4.69) is 12.2 Å². The van der Waals surface area contributed by atoms with E-state index in [1.807, 2.05) is 0 Å². The van der Waals surface area contributed by atoms with Crippen LogP contribution in [0.25, 0.3) is 0 Å². The highest BCUT2D eigenvalue weighted by molar-refractivity contribution is 5.69. The summed E-state index contributed by atoms with van der Waals surface area (Å²) in [6, 6.07) is 0. The van der Waals surface area contributed by atoms with Gasteiger partial charge in [0.25, 0.3) is 0 Å². The van der Waals surface area contributed by atoms with Gasteiger partial charge in [-0.05, 0) is 19.4 Å². The van der Waals surface area contributed by atoms with Gasteiger partial charge >= 0.3 is 5.97 Å². The number of unbranched alkanes of at least 4 members (excludes halogenated alkanes) is 1. The molecular weight excluding hydrogens is 154 g/mol. The molecule has 0 spiro atoms. The van der Waals surface area contributed by atoms with E-state index in [0.29, 0.717) is 6.42 Å². The van der Waals surface area contributed by atoms with Gasteiger partial charge in [0.2, 0.25) is 0 Å². The van der Waals surface area contributed by atoms with Crippen molar-refractivity contribution in [3.05, 3.63) is 0 Å². The van der Waals surface area contributed by atoms with Crippen molar-refractivity contribution in [2.45, 2.75) is 38.7 Å². The van der Waals surface area contributed by atoms with E-state index >= 15 is 0 Å². The van der Waals surface area contributed by atoms with Crippen LogP contribution in [0.3, 0.4) is 0 Å². The van der Waals surface area contributed by atoms with Crippen LogP contribution in [0.15, 0.2) is 0 Å². The van der Waals surface area contributed by atoms with E-state index < -0.39 is 0 Å². The molecule has 1 saturated heterocycles. The van der Waals surface area contributed by atoms with Gasteiger partial charge in [0.15, 0.2) is 0 Å². The van der Waals surface area contributed by atoms with Crippen molar-refractivity contribution in [2.24, 2.45) is 0 Å². The molecule has 1 rings (SSSR count). The van der Waals surface area contributed by atoms with E-state index in [0.717, 1.165) is 32.4 Å². The van der Waals surface area contributed by atoms with Gasteiger partial charge in [0, 0.05) is 13.0 Å². The van der Waals surface area contributed by atoms with Gasteiger partial charge in [-0.15, -0.1) is 0 Å². The lowest BCUT2D eigenvalue weighted by Gasteiger charge is -2.09. The molecule has 1 atom stereocenters. The molecular formula is C9H17NO2. The van der Waals surface area contributed by atoms with E-state index in [-0.39, 0.29) is 12.1 Å². The number of ether oxygens (including phenoxy) is 1. The Hall–Kier alpha value is -0.570. The molecule has 0 aromatic heterocycles. The molecule has 12 heavy (non-hydrogen) atoms. The summed E-state index contributed by atoms with van der Waals surface area (Å²) >= 11 is 0. The monoisotopic (exact) mass is 171 g/mol. The molecule has 0 aliphatic carbocycles. The van der Waals surface area contributed by atoms with Crippen molar-refractivity contribution >= 4 is 5.97 Å². The van der Waals surface area contributed by atoms with Gasteiger partial charge in [-0.3, -0.25) is 4.79 Å². The molecule has 70 valence electrons. The molecule has 1 N–H and O–H groups in total. The maximum Gasteiger partial charge on any atom is 0.306 e. The second kappa shape index (κ2) is 5.14. The van der Waals surface area contributed by atoms with Crippen LogP contribution in [0.4, 0.5) is 0 Å². The van der Waals surface area contributed by atoms with E-state index in [1.54, 1.807) is 0 Å². The smallest absolute Gasteiger partial charge is 0.306 e. The Bertz CT molecular complexity index is 141. The number of nitrogens with one attached hydrogen (secondary N) is 1. The van der Waals surface area contributed by atoms with Gasteiger partial charge in [-0.25, -0.2) is 0 Å². The molecule has 0 saturated carbocycles. The fourth-order valence-corrected chi connectivity index (χ4v) is 1.29. The highest BCUT2D eigenvalue weighted by Gasteiger charge is 2.17. The van der Waals surface area contributed by atoms with Crippen LogP contribution in [0.2, 0.25) is 0 Å². The van der Waals surface area contributed by atoms with Crippen LogP contribution in [0.5, 0.6) is 0 Å². The third kappa shape index (κ3) is 3.22. The lowest BCUT2D eigenvalue weighted by atomic mass is 10.2. The fourth-order valence-electron chi connectivity index (χ4n) is 1.29. The number of hydrogen-bond donors (Lipinski definition) is 1. The lowest BCUT2D eigenvalue weighted by molar-refractivity contribution is -0.148. The number of hydrogen-bond acceptors (Lipinski definition) is 3. The second-order valence-corrected chi connectivity index (χ2v) is 3.21. The normalized spacial score (nSPS) is 22.6. The summed E-state index contributed by atoms with van der Waals surface area (Å²) in [5.41, 5.74) is 0. The molecule has 1 heterocycles. The Morgan fingerprint density at radius 3 is 3.08 bits per heavy atom. The third-order valence-electron chi connectivity index (χ3n) is 2.05. The number of esters is 1. The topological polar surface area (TPSA) is 38.3 Å². The molecule has 0 amide bonds. The predicted octanol–water partition coefficient (Wildman–Crippen LogP) is 1.08. The standard InChI is InChI=1S/C9H17NO2/c1-2-3-4-9(11)12-8-5-6-10-7-8/h8,10H,2-7H2,1H3. The van der Waals surface area contributed by atoms with Gasteiger partial charge in [-0.1, -0.05) is 13.3 Å². The Kier molecular flexibility index (Phi) is 4.08. The Balaban J connectivity index is 2.08. The molecule has 1 aliphatic rings. The number of carbonyl (C=O) groups excluding carboxylic acids is 1. The van der Waals surface area contributed by atoms with Crippen molar-refractivity contribution < 1.29 is 9.53 Å². The van der Waals surface area contributed by atoms with Crippen LogP contribution in [-0.2, 0) is 9.53 Å². The summed E-state index contributed by atoms with van der Waals surface area (Å²) in [6.45, 7) is 3.88. The first-order valence-corrected chi connectivity index (χ1v) is 4.73. The summed E-state index contributed by atoms with van der Waals surface area (Å²) in [4.78, 5) is 11.1. The van der Waals surface area contributed by atoms with Crippen LogP contribution in [-0.4, -0.2) is 25.2 Å². The van der Waals surface area contributed by atoms with Crippen LogP contribution in [0.1, 0.15) is 32.6 Å². The van der Waals surface area contributed by atoms with Gasteiger partial charge in [-0.2, -0.15) is 0 Å². The highest BCUT2D eigenvalue weighted by atomic mass is 16.5. The first-order valence-electron chi connectivity index (χ1n) is 4.73. The third-order valence-corrected chi connectivity index (χ3v) is 2.05. The fraction of sp³-hybridized carbons (Fsp3) is 0.889. The molecule has 0 bridgehead atoms. The molecule has 0 radical (unpaired) electrons. The summed E-state index contributed by atoms with van der Waals surface area (Å²) in [5.74, 6) is -0.0365. The van der Waals surface area contributed by atoms with Gasteiger partial charge < -0.3 is 10.1 Å². The van der Waals surface area contributed by atoms with Gasteiger partial charge in [0.1, 0.15) is 6.10 Å². The van der Waals surface area contributed by atoms with Crippen LogP contribution < -0.4 is 5.32 Å². The highest BCUT2D eigenvalue weighted by Crippen LogP contribution is 2.06. The first-order chi connectivity index (χ1) is 5.83. The molecule has 3 heteroatoms. The Morgan fingerprint density at radius 2 is 2.50 bits per heavy atom. The molecule has 3 nitrogen and oxygen atoms in total. The largest absolute Gasteiger partial charge is 0.461 e. The molecule has 1 unspecified atom stereocenters. The van der Waals surface area contributed by atoms with Gasteiger partial charge in [0.05, 0.1) is 0 Å². The Morgan fingerprint density at radius 1 is 1.67 bits per heavy atom. The maximum atomic E-state index is 11.1. The summed E-state index contributed by atoms with van der Waals surface area (Å²) in [5, 5.41) is 3.16. The van der Waals surface area contributed by atoms with E-state index in [4.69, 9.17) is 4.74 Å². The Labute approximate surface area is 73.5 Å². The molecule has 1 fully saturated rings. The summed E-state index contributed by atoms with van der Waals surface area (Å²) in [7, 11) is 0. The van der Waals surface area contributed by atoms with Crippen molar-refractivity contribution in [2.75, 3.05) is 13.1 Å². The van der Waals surface area contributed by atoms with E-state index in [1.165, 1.54) is 0 Å². The lowest BCUT2D eigenvalue weighted by Crippen LogP contribution is -2.20. The number of rotatable bonds is 4. The minimum atomic E-state index is -0.0365. The van der Waals surface area contributed by atoms with Crippen molar-refractivity contribution in [1.29, 1.82) is 0 Å². The quantitative estimate of drug-likeness (QED) is 0.643. The molecule has 0 aromatic carbocycles. The van der Waals surface area contributed by atoms with Crippen molar-refractivity contribution in [1.82, 2.24) is 5.32 Å². The SMILES string of the molecule is CCCCC(=O)OC1CCNC1. The zero-order valence-electron chi connectivity index (χ0n) is 7.64. The first kappa shape index (κ1) is 9.52. The maximum absolute atomic E-state index is 11.1. The predicted molar refractivity (Wildman–Crippen MR) is 46.9 cm³/mol.